The topological polar surface area (TPSA) is 34.0 Å². The van der Waals surface area contributed by atoms with Crippen molar-refractivity contribution < 1.29 is 0 Å². The van der Waals surface area contributed by atoms with E-state index in [1.165, 1.54) is 29.1 Å². The Morgan fingerprint density at radius 1 is 1.44 bits per heavy atom. The van der Waals surface area contributed by atoms with Gasteiger partial charge in [0.2, 0.25) is 0 Å². The van der Waals surface area contributed by atoms with Crippen molar-refractivity contribution in [2.75, 3.05) is 13.1 Å². The molecule has 1 aliphatic heterocycles. The van der Waals surface area contributed by atoms with Gasteiger partial charge in [0.25, 0.3) is 0 Å². The van der Waals surface area contributed by atoms with E-state index in [2.05, 4.69) is 34.0 Å². The third-order valence-corrected chi connectivity index (χ3v) is 4.45. The van der Waals surface area contributed by atoms with Gasteiger partial charge in [0.15, 0.2) is 0 Å². The van der Waals surface area contributed by atoms with Crippen LogP contribution in [0.5, 0.6) is 0 Å². The first-order valence-corrected chi connectivity index (χ1v) is 7.25. The zero-order valence-corrected chi connectivity index (χ0v) is 11.4. The Balaban J connectivity index is 1.63. The quantitative estimate of drug-likeness (QED) is 0.852. The summed E-state index contributed by atoms with van der Waals surface area (Å²) in [5.41, 5.74) is 0. The van der Waals surface area contributed by atoms with Crippen LogP contribution in [0.3, 0.4) is 0 Å². The number of aromatic nitrogens is 3. The van der Waals surface area contributed by atoms with Gasteiger partial charge >= 0.3 is 0 Å². The summed E-state index contributed by atoms with van der Waals surface area (Å²) < 4.78 is 2.01. The van der Waals surface area contributed by atoms with Gasteiger partial charge in [-0.1, -0.05) is 0 Å². The molecule has 1 aliphatic rings. The molecular formula is C13H18N4S. The molecule has 2 aromatic heterocycles. The van der Waals surface area contributed by atoms with Crippen LogP contribution in [0.1, 0.15) is 28.6 Å². The molecule has 0 unspecified atom stereocenters. The molecule has 3 heterocycles. The molecule has 1 fully saturated rings. The molecule has 0 spiro atoms. The summed E-state index contributed by atoms with van der Waals surface area (Å²) in [5, 5.41) is 4.27. The number of rotatable bonds is 3. The number of likely N-dealkylation sites (tertiary alicyclic amines) is 1. The second-order valence-electron chi connectivity index (χ2n) is 4.92. The molecule has 2 aromatic rings. The lowest BCUT2D eigenvalue weighted by Gasteiger charge is -2.32. The van der Waals surface area contributed by atoms with Gasteiger partial charge in [-0.25, -0.2) is 9.67 Å². The molecular weight excluding hydrogens is 244 g/mol. The maximum absolute atomic E-state index is 4.27. The molecule has 1 atom stereocenters. The lowest BCUT2D eigenvalue weighted by atomic mass is 10.1. The highest BCUT2D eigenvalue weighted by Crippen LogP contribution is 2.24. The lowest BCUT2D eigenvalue weighted by molar-refractivity contribution is 0.164. The van der Waals surface area contributed by atoms with E-state index in [9.17, 15) is 0 Å². The molecule has 0 aliphatic carbocycles. The fraction of sp³-hybridized carbons (Fsp3) is 0.538. The van der Waals surface area contributed by atoms with E-state index in [0.29, 0.717) is 6.04 Å². The third-order valence-electron chi connectivity index (χ3n) is 3.47. The summed E-state index contributed by atoms with van der Waals surface area (Å²) in [6.45, 7) is 5.52. The first-order chi connectivity index (χ1) is 8.81. The molecule has 0 radical (unpaired) electrons. The second kappa shape index (κ2) is 5.20. The van der Waals surface area contributed by atoms with Crippen LogP contribution in [0, 0.1) is 6.92 Å². The molecule has 5 heteroatoms. The Hall–Kier alpha value is -1.20. The van der Waals surface area contributed by atoms with E-state index >= 15 is 0 Å². The van der Waals surface area contributed by atoms with Crippen LogP contribution in [0.2, 0.25) is 0 Å². The van der Waals surface area contributed by atoms with Crippen molar-refractivity contribution >= 4 is 11.3 Å². The maximum Gasteiger partial charge on any atom is 0.137 e. The fourth-order valence-electron chi connectivity index (χ4n) is 2.59. The summed E-state index contributed by atoms with van der Waals surface area (Å²) >= 11 is 1.90. The van der Waals surface area contributed by atoms with Gasteiger partial charge in [0.05, 0.1) is 6.04 Å². The number of hydrogen-bond donors (Lipinski definition) is 0. The average molecular weight is 262 g/mol. The summed E-state index contributed by atoms with van der Waals surface area (Å²) in [4.78, 5) is 9.44. The van der Waals surface area contributed by atoms with Crippen LogP contribution in [0.25, 0.3) is 0 Å². The highest BCUT2D eigenvalue weighted by molar-refractivity contribution is 7.11. The van der Waals surface area contributed by atoms with E-state index in [-0.39, 0.29) is 0 Å². The van der Waals surface area contributed by atoms with Gasteiger partial charge in [0, 0.05) is 22.8 Å². The Morgan fingerprint density at radius 2 is 2.39 bits per heavy atom. The smallest absolute Gasteiger partial charge is 0.137 e. The molecule has 0 saturated carbocycles. The summed E-state index contributed by atoms with van der Waals surface area (Å²) in [5.74, 6) is 0. The molecule has 0 bridgehead atoms. The fourth-order valence-corrected chi connectivity index (χ4v) is 3.52. The SMILES string of the molecule is Cc1ccc(CN2CCC[C@@H](n3cncn3)C2)s1. The molecule has 4 nitrogen and oxygen atoms in total. The summed E-state index contributed by atoms with van der Waals surface area (Å²) in [6, 6.07) is 4.94. The van der Waals surface area contributed by atoms with Crippen LogP contribution in [-0.2, 0) is 6.54 Å². The highest BCUT2D eigenvalue weighted by Gasteiger charge is 2.21. The van der Waals surface area contributed by atoms with Crippen molar-refractivity contribution in [3.05, 3.63) is 34.5 Å². The van der Waals surface area contributed by atoms with Gasteiger partial charge in [-0.05, 0) is 38.4 Å². The Labute approximate surface area is 111 Å². The molecule has 18 heavy (non-hydrogen) atoms. The summed E-state index contributed by atoms with van der Waals surface area (Å²) in [7, 11) is 0. The minimum Gasteiger partial charge on any atom is -0.296 e. The Morgan fingerprint density at radius 3 is 3.11 bits per heavy atom. The first kappa shape index (κ1) is 11.9. The van der Waals surface area contributed by atoms with Crippen molar-refractivity contribution in [3.8, 4) is 0 Å². The maximum atomic E-state index is 4.27. The molecule has 0 aromatic carbocycles. The van der Waals surface area contributed by atoms with E-state index in [4.69, 9.17) is 0 Å². The molecule has 96 valence electrons. The van der Waals surface area contributed by atoms with Crippen molar-refractivity contribution in [1.29, 1.82) is 0 Å². The molecule has 1 saturated heterocycles. The van der Waals surface area contributed by atoms with Gasteiger partial charge in [-0.15, -0.1) is 11.3 Å². The third kappa shape index (κ3) is 2.62. The van der Waals surface area contributed by atoms with E-state index in [0.717, 1.165) is 13.1 Å². The van der Waals surface area contributed by atoms with Gasteiger partial charge in [0.1, 0.15) is 12.7 Å². The average Bonchev–Trinajstić information content (AvgIpc) is 3.01. The van der Waals surface area contributed by atoms with Crippen LogP contribution in [0.15, 0.2) is 24.8 Å². The molecule has 0 N–H and O–H groups in total. The van der Waals surface area contributed by atoms with Crippen LogP contribution < -0.4 is 0 Å². The standard InChI is InChI=1S/C13H18N4S/c1-11-4-5-13(18-11)8-16-6-2-3-12(7-16)17-10-14-9-15-17/h4-5,9-10,12H,2-3,6-8H2,1H3/t12-/m1/s1. The largest absolute Gasteiger partial charge is 0.296 e. The molecule has 0 amide bonds. The molecule has 3 rings (SSSR count). The van der Waals surface area contributed by atoms with Gasteiger partial charge < -0.3 is 0 Å². The van der Waals surface area contributed by atoms with E-state index < -0.39 is 0 Å². The Kier molecular flexibility index (Phi) is 3.43. The van der Waals surface area contributed by atoms with E-state index in [1.54, 1.807) is 6.33 Å². The van der Waals surface area contributed by atoms with Crippen LogP contribution in [-0.4, -0.2) is 32.8 Å². The normalized spacial score (nSPS) is 21.3. The zero-order valence-electron chi connectivity index (χ0n) is 10.6. The highest BCUT2D eigenvalue weighted by atomic mass is 32.1. The predicted molar refractivity (Wildman–Crippen MR) is 72.6 cm³/mol. The predicted octanol–water partition coefficient (Wildman–Crippen LogP) is 2.49. The number of aryl methyl sites for hydroxylation is 1. The van der Waals surface area contributed by atoms with Crippen LogP contribution in [0.4, 0.5) is 0 Å². The van der Waals surface area contributed by atoms with E-state index in [1.807, 2.05) is 22.3 Å². The Bertz CT molecular complexity index is 491. The minimum atomic E-state index is 0.488. The van der Waals surface area contributed by atoms with Gasteiger partial charge in [-0.3, -0.25) is 4.90 Å². The van der Waals surface area contributed by atoms with Crippen molar-refractivity contribution in [2.45, 2.75) is 32.4 Å². The minimum absolute atomic E-state index is 0.488. The van der Waals surface area contributed by atoms with Crippen molar-refractivity contribution in [1.82, 2.24) is 19.7 Å². The number of hydrogen-bond acceptors (Lipinski definition) is 4. The second-order valence-corrected chi connectivity index (χ2v) is 6.29. The number of nitrogens with zero attached hydrogens (tertiary/aromatic N) is 4. The van der Waals surface area contributed by atoms with Crippen LogP contribution >= 0.6 is 11.3 Å². The zero-order chi connectivity index (χ0) is 12.4. The lowest BCUT2D eigenvalue weighted by Crippen LogP contribution is -2.36. The number of piperidine rings is 1. The number of thiophene rings is 1. The van der Waals surface area contributed by atoms with Gasteiger partial charge in [-0.2, -0.15) is 5.10 Å². The van der Waals surface area contributed by atoms with Crippen molar-refractivity contribution in [2.24, 2.45) is 0 Å². The first-order valence-electron chi connectivity index (χ1n) is 6.43. The monoisotopic (exact) mass is 262 g/mol. The summed E-state index contributed by atoms with van der Waals surface area (Å²) in [6.07, 6.45) is 5.92. The van der Waals surface area contributed by atoms with Crippen molar-refractivity contribution in [3.63, 3.8) is 0 Å².